The van der Waals surface area contributed by atoms with Gasteiger partial charge in [0.2, 0.25) is 0 Å². The molecule has 0 aromatic carbocycles. The van der Waals surface area contributed by atoms with E-state index in [2.05, 4.69) is 4.90 Å². The van der Waals surface area contributed by atoms with Crippen LogP contribution < -0.4 is 0 Å². The molecule has 0 amide bonds. The number of hydrogen-bond donors (Lipinski definition) is 0. The number of ether oxygens (including phenoxy) is 4. The standard InChI is InChI=1S/C24H41NO4/c1-26-21-9-16-15-8-14-6-5-7-25(14)13-20(15)19-12-24(29-4)23(28-3)11-18(19)17(16)10-22(21)27-2/h14-24H,5-13H2,1-4H3. The van der Waals surface area contributed by atoms with Gasteiger partial charge in [-0.05, 0) is 87.0 Å². The van der Waals surface area contributed by atoms with Crippen molar-refractivity contribution < 1.29 is 18.9 Å². The second kappa shape index (κ2) is 8.38. The molecule has 2 aliphatic heterocycles. The predicted octanol–water partition coefficient (Wildman–Crippen LogP) is 3.21. The number of hydrogen-bond acceptors (Lipinski definition) is 5. The van der Waals surface area contributed by atoms with Gasteiger partial charge in [0.1, 0.15) is 0 Å². The molecule has 3 aliphatic carbocycles. The van der Waals surface area contributed by atoms with E-state index in [-0.39, 0.29) is 24.4 Å². The molecule has 2 saturated heterocycles. The van der Waals surface area contributed by atoms with Gasteiger partial charge < -0.3 is 23.8 Å². The SMILES string of the molecule is COC1CC2C3CC(OC)C(OC)CC3C3CN4CCCC4CC3C2CC1OC. The van der Waals surface area contributed by atoms with Crippen molar-refractivity contribution in [3.8, 4) is 0 Å². The summed E-state index contributed by atoms with van der Waals surface area (Å²) >= 11 is 0. The molecule has 2 heterocycles. The Morgan fingerprint density at radius 1 is 0.552 bits per heavy atom. The van der Waals surface area contributed by atoms with Crippen LogP contribution in [0, 0.1) is 35.5 Å². The average molecular weight is 408 g/mol. The molecule has 0 aromatic rings. The van der Waals surface area contributed by atoms with Crippen molar-refractivity contribution in [2.75, 3.05) is 41.5 Å². The first-order valence-electron chi connectivity index (χ1n) is 12.0. The zero-order chi connectivity index (χ0) is 20.1. The van der Waals surface area contributed by atoms with Crippen LogP contribution in [0.5, 0.6) is 0 Å². The van der Waals surface area contributed by atoms with Crippen LogP contribution in [0.4, 0.5) is 0 Å². The Morgan fingerprint density at radius 3 is 1.41 bits per heavy atom. The normalized spacial score (nSPS) is 52.3. The van der Waals surface area contributed by atoms with Gasteiger partial charge in [0, 0.05) is 41.0 Å². The van der Waals surface area contributed by atoms with E-state index in [4.69, 9.17) is 18.9 Å². The molecular formula is C24H41NO4. The zero-order valence-electron chi connectivity index (χ0n) is 18.8. The van der Waals surface area contributed by atoms with Crippen LogP contribution in [0.1, 0.15) is 44.9 Å². The summed E-state index contributed by atoms with van der Waals surface area (Å²) in [6.45, 7) is 2.64. The predicted molar refractivity (Wildman–Crippen MR) is 112 cm³/mol. The molecule has 0 bridgehead atoms. The average Bonchev–Trinajstić information content (AvgIpc) is 3.23. The third-order valence-corrected chi connectivity index (χ3v) is 9.85. The molecular weight excluding hydrogens is 366 g/mol. The minimum Gasteiger partial charge on any atom is -0.379 e. The smallest absolute Gasteiger partial charge is 0.0835 e. The highest BCUT2D eigenvalue weighted by atomic mass is 16.5. The highest BCUT2D eigenvalue weighted by molar-refractivity contribution is 5.08. The Labute approximate surface area is 176 Å². The second-order valence-corrected chi connectivity index (χ2v) is 10.5. The van der Waals surface area contributed by atoms with E-state index in [9.17, 15) is 0 Å². The summed E-state index contributed by atoms with van der Waals surface area (Å²) in [7, 11) is 7.50. The lowest BCUT2D eigenvalue weighted by Crippen LogP contribution is -2.61. The quantitative estimate of drug-likeness (QED) is 0.716. The van der Waals surface area contributed by atoms with E-state index < -0.39 is 0 Å². The lowest BCUT2D eigenvalue weighted by molar-refractivity contribution is -0.187. The first kappa shape index (κ1) is 20.7. The van der Waals surface area contributed by atoms with Gasteiger partial charge in [-0.2, -0.15) is 0 Å². The maximum absolute atomic E-state index is 5.94. The maximum Gasteiger partial charge on any atom is 0.0835 e. The fourth-order valence-corrected chi connectivity index (χ4v) is 8.58. The first-order chi connectivity index (χ1) is 14.2. The second-order valence-electron chi connectivity index (χ2n) is 10.5. The van der Waals surface area contributed by atoms with Gasteiger partial charge in [0.15, 0.2) is 0 Å². The monoisotopic (exact) mass is 407 g/mol. The van der Waals surface area contributed by atoms with Crippen LogP contribution in [0.25, 0.3) is 0 Å². The van der Waals surface area contributed by atoms with Crippen LogP contribution in [0.3, 0.4) is 0 Å². The van der Waals surface area contributed by atoms with E-state index in [1.807, 2.05) is 28.4 Å². The van der Waals surface area contributed by atoms with Gasteiger partial charge in [-0.25, -0.2) is 0 Å². The first-order valence-corrected chi connectivity index (χ1v) is 12.0. The highest BCUT2D eigenvalue weighted by Gasteiger charge is 2.58. The summed E-state index contributed by atoms with van der Waals surface area (Å²) < 4.78 is 23.8. The fraction of sp³-hybridized carbons (Fsp3) is 1.00. The minimum atomic E-state index is 0.239. The lowest BCUT2D eigenvalue weighted by atomic mass is 9.48. The molecule has 0 radical (unpaired) electrons. The number of nitrogens with zero attached hydrogens (tertiary/aromatic N) is 1. The Kier molecular flexibility index (Phi) is 5.98. The molecule has 0 aromatic heterocycles. The van der Waals surface area contributed by atoms with Gasteiger partial charge in [-0.15, -0.1) is 0 Å². The van der Waals surface area contributed by atoms with Crippen LogP contribution in [0.2, 0.25) is 0 Å². The Bertz CT molecular complexity index is 525. The van der Waals surface area contributed by atoms with Crippen molar-refractivity contribution in [2.24, 2.45) is 35.5 Å². The third-order valence-electron chi connectivity index (χ3n) is 9.85. The Balaban J connectivity index is 1.47. The van der Waals surface area contributed by atoms with Crippen LogP contribution in [-0.4, -0.2) is 76.9 Å². The van der Waals surface area contributed by atoms with E-state index >= 15 is 0 Å². The molecule has 3 saturated carbocycles. The molecule has 5 nitrogen and oxygen atoms in total. The summed E-state index contributed by atoms with van der Waals surface area (Å²) in [6, 6.07) is 0.836. The minimum absolute atomic E-state index is 0.239. The number of fused-ring (bicyclic) bond motifs is 7. The molecule has 5 fully saturated rings. The molecule has 5 heteroatoms. The van der Waals surface area contributed by atoms with Crippen LogP contribution in [0.15, 0.2) is 0 Å². The molecule has 166 valence electrons. The molecule has 0 spiro atoms. The van der Waals surface area contributed by atoms with Gasteiger partial charge in [-0.3, -0.25) is 0 Å². The number of rotatable bonds is 4. The topological polar surface area (TPSA) is 40.2 Å². The van der Waals surface area contributed by atoms with Crippen molar-refractivity contribution in [3.63, 3.8) is 0 Å². The molecule has 11 atom stereocenters. The zero-order valence-corrected chi connectivity index (χ0v) is 18.8. The summed E-state index contributed by atoms with van der Waals surface area (Å²) in [5.74, 6) is 4.73. The van der Waals surface area contributed by atoms with Crippen LogP contribution in [-0.2, 0) is 18.9 Å². The van der Waals surface area contributed by atoms with Crippen molar-refractivity contribution in [1.29, 1.82) is 0 Å². The van der Waals surface area contributed by atoms with Crippen molar-refractivity contribution >= 4 is 0 Å². The number of methoxy groups -OCH3 is 4. The van der Waals surface area contributed by atoms with Gasteiger partial charge in [0.25, 0.3) is 0 Å². The Morgan fingerprint density at radius 2 is 0.966 bits per heavy atom. The fourth-order valence-electron chi connectivity index (χ4n) is 8.58. The summed E-state index contributed by atoms with van der Waals surface area (Å²) in [5, 5.41) is 0. The molecule has 0 N–H and O–H groups in total. The van der Waals surface area contributed by atoms with Gasteiger partial charge >= 0.3 is 0 Å². The van der Waals surface area contributed by atoms with Crippen molar-refractivity contribution in [2.45, 2.75) is 75.4 Å². The van der Waals surface area contributed by atoms with E-state index in [1.54, 1.807) is 0 Å². The molecule has 5 rings (SSSR count). The number of piperidine rings is 1. The molecule has 5 aliphatic rings. The van der Waals surface area contributed by atoms with Crippen molar-refractivity contribution in [1.82, 2.24) is 4.90 Å². The highest BCUT2D eigenvalue weighted by Crippen LogP contribution is 2.60. The lowest BCUT2D eigenvalue weighted by Gasteiger charge is -2.61. The largest absolute Gasteiger partial charge is 0.379 e. The van der Waals surface area contributed by atoms with E-state index in [0.29, 0.717) is 0 Å². The van der Waals surface area contributed by atoms with Gasteiger partial charge in [-0.1, -0.05) is 0 Å². The van der Waals surface area contributed by atoms with Crippen LogP contribution >= 0.6 is 0 Å². The van der Waals surface area contributed by atoms with E-state index in [1.165, 1.54) is 45.2 Å². The molecule has 29 heavy (non-hydrogen) atoms. The third kappa shape index (κ3) is 3.40. The van der Waals surface area contributed by atoms with Gasteiger partial charge in [0.05, 0.1) is 24.4 Å². The summed E-state index contributed by atoms with van der Waals surface area (Å²) in [6.07, 6.45) is 9.88. The maximum atomic E-state index is 5.94. The summed E-state index contributed by atoms with van der Waals surface area (Å²) in [5.41, 5.74) is 0. The van der Waals surface area contributed by atoms with E-state index in [0.717, 1.165) is 54.4 Å². The summed E-state index contributed by atoms with van der Waals surface area (Å²) in [4.78, 5) is 2.83. The Hall–Kier alpha value is -0.200. The molecule has 11 unspecified atom stereocenters. The van der Waals surface area contributed by atoms with Crippen molar-refractivity contribution in [3.05, 3.63) is 0 Å².